The van der Waals surface area contributed by atoms with Crippen molar-refractivity contribution < 1.29 is 18.0 Å². The first-order valence-corrected chi connectivity index (χ1v) is 9.98. The van der Waals surface area contributed by atoms with Crippen LogP contribution in [0.25, 0.3) is 16.8 Å². The fourth-order valence-electron chi connectivity index (χ4n) is 3.77. The Morgan fingerprint density at radius 2 is 2.09 bits per heavy atom. The van der Waals surface area contributed by atoms with E-state index in [9.17, 15) is 23.2 Å². The van der Waals surface area contributed by atoms with Gasteiger partial charge in [-0.25, -0.2) is 4.98 Å². The molecule has 1 aliphatic heterocycles. The van der Waals surface area contributed by atoms with Crippen LogP contribution in [0.2, 0.25) is 0 Å². The molecule has 1 aromatic carbocycles. The topological polar surface area (TPSA) is 95.4 Å². The van der Waals surface area contributed by atoms with E-state index < -0.39 is 11.6 Å². The molecule has 4 rings (SSSR count). The fraction of sp³-hybridized carbons (Fsp3) is 0.304. The van der Waals surface area contributed by atoms with Crippen LogP contribution < -0.4 is 5.73 Å². The summed E-state index contributed by atoms with van der Waals surface area (Å²) < 4.78 is 39.5. The van der Waals surface area contributed by atoms with Gasteiger partial charge in [-0.2, -0.15) is 18.4 Å². The number of amides is 1. The molecular weight excluding hydrogens is 419 g/mol. The summed E-state index contributed by atoms with van der Waals surface area (Å²) in [5.74, 6) is -0.113. The van der Waals surface area contributed by atoms with Crippen molar-refractivity contribution in [3.05, 3.63) is 58.9 Å². The van der Waals surface area contributed by atoms with Crippen LogP contribution in [0.1, 0.15) is 40.0 Å². The molecule has 1 saturated carbocycles. The second kappa shape index (κ2) is 7.79. The molecule has 0 bridgehead atoms. The summed E-state index contributed by atoms with van der Waals surface area (Å²) in [4.78, 5) is 22.4. The van der Waals surface area contributed by atoms with E-state index in [1.165, 1.54) is 18.5 Å². The zero-order valence-electron chi connectivity index (χ0n) is 17.3. The lowest BCUT2D eigenvalue weighted by Crippen LogP contribution is -2.27. The van der Waals surface area contributed by atoms with E-state index in [-0.39, 0.29) is 31.0 Å². The maximum atomic E-state index is 13.2. The van der Waals surface area contributed by atoms with E-state index in [1.54, 1.807) is 30.1 Å². The zero-order chi connectivity index (χ0) is 23.1. The van der Waals surface area contributed by atoms with E-state index in [4.69, 9.17) is 5.73 Å². The number of rotatable bonds is 5. The van der Waals surface area contributed by atoms with Crippen molar-refractivity contribution in [1.29, 1.82) is 5.26 Å². The van der Waals surface area contributed by atoms with Crippen molar-refractivity contribution in [1.82, 2.24) is 9.88 Å². The molecule has 2 N–H and O–H groups in total. The molecule has 32 heavy (non-hydrogen) atoms. The lowest BCUT2D eigenvalue weighted by molar-refractivity contribution is -0.183. The number of halogens is 3. The molecule has 2 aromatic rings. The van der Waals surface area contributed by atoms with Gasteiger partial charge in [-0.15, -0.1) is 0 Å². The van der Waals surface area contributed by atoms with Crippen molar-refractivity contribution in [2.24, 2.45) is 16.1 Å². The van der Waals surface area contributed by atoms with Crippen LogP contribution in [0, 0.1) is 16.7 Å². The third kappa shape index (κ3) is 3.73. The van der Waals surface area contributed by atoms with E-state index in [1.807, 2.05) is 12.1 Å². The Kier molecular flexibility index (Phi) is 5.25. The van der Waals surface area contributed by atoms with Gasteiger partial charge in [0, 0.05) is 48.3 Å². The van der Waals surface area contributed by atoms with Crippen molar-refractivity contribution in [3.63, 3.8) is 0 Å². The smallest absolute Gasteiger partial charge is 0.396 e. The number of nitrogens with two attached hydrogens (primary N) is 1. The van der Waals surface area contributed by atoms with Gasteiger partial charge < -0.3 is 10.6 Å². The number of hydrogen-bond donors (Lipinski definition) is 1. The third-order valence-electron chi connectivity index (χ3n) is 5.95. The molecule has 9 heteroatoms. The summed E-state index contributed by atoms with van der Waals surface area (Å²) in [6, 6.07) is 10.4. The molecule has 1 amide bonds. The van der Waals surface area contributed by atoms with E-state index >= 15 is 0 Å². The molecule has 164 valence electrons. The number of aliphatic imine (C=N–C) groups is 1. The number of alkyl halides is 3. The quantitative estimate of drug-likeness (QED) is 0.715. The first-order chi connectivity index (χ1) is 15.2. The highest BCUT2D eigenvalue weighted by atomic mass is 19.4. The molecule has 0 atom stereocenters. The Bertz CT molecular complexity index is 1190. The Morgan fingerprint density at radius 1 is 1.34 bits per heavy atom. The fourth-order valence-corrected chi connectivity index (χ4v) is 3.77. The summed E-state index contributed by atoms with van der Waals surface area (Å²) in [5, 5.41) is 9.30. The minimum atomic E-state index is -4.29. The summed E-state index contributed by atoms with van der Waals surface area (Å²) >= 11 is 0. The van der Waals surface area contributed by atoms with Crippen LogP contribution >= 0.6 is 0 Å². The first-order valence-electron chi connectivity index (χ1n) is 9.98. The standard InChI is InChI=1S/C23H20F3N5O/c1-31-12-15-3-2-14(8-19(15)21(31)32)20-18(5-4-17(10-28)30-20)16(9-27)11-29-13-22(6-7-22)23(24,25)26/h2-5,8-9,11H,6-7,12-13,27H2,1H3. The number of fused-ring (bicyclic) bond motifs is 1. The summed E-state index contributed by atoms with van der Waals surface area (Å²) in [5.41, 5.74) is 7.50. The molecule has 0 saturated heterocycles. The van der Waals surface area contributed by atoms with Gasteiger partial charge in [-0.1, -0.05) is 12.1 Å². The molecule has 1 fully saturated rings. The summed E-state index contributed by atoms with van der Waals surface area (Å²) in [6.07, 6.45) is -1.60. The zero-order valence-corrected chi connectivity index (χ0v) is 17.3. The van der Waals surface area contributed by atoms with E-state index in [0.29, 0.717) is 34.5 Å². The lowest BCUT2D eigenvalue weighted by Gasteiger charge is -2.16. The van der Waals surface area contributed by atoms with Crippen LogP contribution in [0.15, 0.2) is 41.5 Å². The average Bonchev–Trinajstić information content (AvgIpc) is 3.52. The Balaban J connectivity index is 1.70. The largest absolute Gasteiger partial charge is 0.404 e. The van der Waals surface area contributed by atoms with Gasteiger partial charge >= 0.3 is 6.18 Å². The minimum Gasteiger partial charge on any atom is -0.404 e. The normalized spacial score (nSPS) is 17.5. The van der Waals surface area contributed by atoms with Crippen LogP contribution in [-0.2, 0) is 6.54 Å². The minimum absolute atomic E-state index is 0.0663. The molecule has 1 aromatic heterocycles. The number of nitrogens with zero attached hydrogens (tertiary/aromatic N) is 4. The van der Waals surface area contributed by atoms with Crippen LogP contribution in [-0.4, -0.2) is 41.8 Å². The summed E-state index contributed by atoms with van der Waals surface area (Å²) in [7, 11) is 1.71. The van der Waals surface area contributed by atoms with Gasteiger partial charge in [-0.05, 0) is 36.6 Å². The van der Waals surface area contributed by atoms with Gasteiger partial charge in [0.1, 0.15) is 11.8 Å². The van der Waals surface area contributed by atoms with Gasteiger partial charge in [0.15, 0.2) is 0 Å². The third-order valence-corrected chi connectivity index (χ3v) is 5.95. The SMILES string of the molecule is CN1Cc2ccc(-c3nc(C#N)ccc3C(C=NCC3(C(F)(F)F)CC3)=CN)cc2C1=O. The molecule has 0 radical (unpaired) electrons. The Morgan fingerprint density at radius 3 is 2.72 bits per heavy atom. The van der Waals surface area contributed by atoms with Crippen LogP contribution in [0.4, 0.5) is 13.2 Å². The van der Waals surface area contributed by atoms with Gasteiger partial charge in [0.2, 0.25) is 0 Å². The number of carbonyl (C=O) groups excluding carboxylic acids is 1. The number of carbonyl (C=O) groups is 1. The monoisotopic (exact) mass is 439 g/mol. The second-order valence-electron chi connectivity index (χ2n) is 8.11. The van der Waals surface area contributed by atoms with E-state index in [2.05, 4.69) is 9.98 Å². The van der Waals surface area contributed by atoms with Gasteiger partial charge in [0.05, 0.1) is 17.7 Å². The van der Waals surface area contributed by atoms with E-state index in [0.717, 1.165) is 5.56 Å². The molecule has 6 nitrogen and oxygen atoms in total. The molecular formula is C23H20F3N5O. The van der Waals surface area contributed by atoms with Gasteiger partial charge in [-0.3, -0.25) is 9.79 Å². The first kappa shape index (κ1) is 21.6. The second-order valence-corrected chi connectivity index (χ2v) is 8.11. The van der Waals surface area contributed by atoms with Crippen molar-refractivity contribution in [3.8, 4) is 17.3 Å². The number of benzene rings is 1. The molecule has 1 aliphatic carbocycles. The Labute approximate surface area is 182 Å². The van der Waals surface area contributed by atoms with Crippen LogP contribution in [0.3, 0.4) is 0 Å². The highest BCUT2D eigenvalue weighted by molar-refractivity contribution is 6.12. The Hall–Kier alpha value is -3.67. The number of allylic oxidation sites excluding steroid dienone is 1. The summed E-state index contributed by atoms with van der Waals surface area (Å²) in [6.45, 7) is 0.140. The lowest BCUT2D eigenvalue weighted by atomic mass is 9.97. The molecule has 2 aliphatic rings. The number of pyridine rings is 1. The average molecular weight is 439 g/mol. The predicted octanol–water partition coefficient (Wildman–Crippen LogP) is 3.92. The molecule has 0 spiro atoms. The molecule has 2 heterocycles. The van der Waals surface area contributed by atoms with Crippen molar-refractivity contribution in [2.45, 2.75) is 25.6 Å². The number of hydrogen-bond acceptors (Lipinski definition) is 5. The highest BCUT2D eigenvalue weighted by Crippen LogP contribution is 2.57. The van der Waals surface area contributed by atoms with Crippen molar-refractivity contribution in [2.75, 3.05) is 13.6 Å². The number of nitriles is 1. The van der Waals surface area contributed by atoms with Crippen molar-refractivity contribution >= 4 is 17.7 Å². The molecule has 0 unspecified atom stereocenters. The van der Waals surface area contributed by atoms with Gasteiger partial charge in [0.25, 0.3) is 5.91 Å². The predicted molar refractivity (Wildman–Crippen MR) is 113 cm³/mol. The van der Waals surface area contributed by atoms with Crippen LogP contribution in [0.5, 0.6) is 0 Å². The number of aromatic nitrogens is 1. The maximum absolute atomic E-state index is 13.2. The maximum Gasteiger partial charge on any atom is 0.396 e. The highest BCUT2D eigenvalue weighted by Gasteiger charge is 2.62.